The Labute approximate surface area is 274 Å². The first kappa shape index (κ1) is 31.9. The van der Waals surface area contributed by atoms with Crippen molar-refractivity contribution in [3.63, 3.8) is 0 Å². The first-order valence-electron chi connectivity index (χ1n) is 15.4. The molecule has 8 nitrogen and oxygen atoms in total. The van der Waals surface area contributed by atoms with E-state index in [-0.39, 0.29) is 54.2 Å². The van der Waals surface area contributed by atoms with Crippen molar-refractivity contribution in [1.29, 1.82) is 0 Å². The highest BCUT2D eigenvalue weighted by atomic mass is 35.5. The van der Waals surface area contributed by atoms with E-state index in [1.807, 2.05) is 36.4 Å². The predicted octanol–water partition coefficient (Wildman–Crippen LogP) is 6.52. The van der Waals surface area contributed by atoms with Crippen LogP contribution in [-0.4, -0.2) is 61.5 Å². The number of hydrogen-bond acceptors (Lipinski definition) is 5. The number of amides is 3. The molecule has 0 radical (unpaired) electrons. The topological polar surface area (TPSA) is 95.1 Å². The Morgan fingerprint density at radius 2 is 1.41 bits per heavy atom. The van der Waals surface area contributed by atoms with Gasteiger partial charge in [-0.3, -0.25) is 19.3 Å². The van der Waals surface area contributed by atoms with E-state index >= 15 is 0 Å². The number of rotatable bonds is 7. The summed E-state index contributed by atoms with van der Waals surface area (Å²) in [5, 5.41) is 1.94. The molecule has 6 rings (SSSR count). The number of benzene rings is 4. The van der Waals surface area contributed by atoms with Crippen molar-refractivity contribution in [2.45, 2.75) is 43.9 Å². The number of piperidine rings is 1. The molecule has 1 saturated heterocycles. The fourth-order valence-corrected chi connectivity index (χ4v) is 7.91. The summed E-state index contributed by atoms with van der Waals surface area (Å²) in [4.78, 5) is 44.4. The molecule has 1 fully saturated rings. The van der Waals surface area contributed by atoms with Gasteiger partial charge in [0.05, 0.1) is 4.90 Å². The first-order valence-corrected chi connectivity index (χ1v) is 17.2. The Balaban J connectivity index is 1.23. The third-order valence-corrected chi connectivity index (χ3v) is 11.1. The molecule has 0 aromatic heterocycles. The van der Waals surface area contributed by atoms with Gasteiger partial charge in [-0.1, -0.05) is 68.8 Å². The molecule has 2 aliphatic rings. The molecule has 10 heteroatoms. The van der Waals surface area contributed by atoms with Crippen molar-refractivity contribution in [2.24, 2.45) is 5.92 Å². The number of carbonyl (C=O) groups is 3. The van der Waals surface area contributed by atoms with Gasteiger partial charge in [-0.05, 0) is 77.7 Å². The molecule has 2 aliphatic heterocycles. The smallest absolute Gasteiger partial charge is 0.261 e. The molecule has 0 N–H and O–H groups in total. The molecule has 238 valence electrons. The van der Waals surface area contributed by atoms with Crippen LogP contribution in [-0.2, 0) is 20.2 Å². The van der Waals surface area contributed by atoms with Crippen molar-refractivity contribution < 1.29 is 22.8 Å². The van der Waals surface area contributed by atoms with Crippen LogP contribution in [0, 0.1) is 5.92 Å². The summed E-state index contributed by atoms with van der Waals surface area (Å²) >= 11 is 5.95. The van der Waals surface area contributed by atoms with Crippen LogP contribution < -0.4 is 4.90 Å². The third kappa shape index (κ3) is 5.95. The summed E-state index contributed by atoms with van der Waals surface area (Å²) in [5.74, 6) is -1.36. The Bertz CT molecular complexity index is 1880. The quantitative estimate of drug-likeness (QED) is 0.211. The Kier molecular flexibility index (Phi) is 8.52. The Morgan fingerprint density at radius 1 is 0.848 bits per heavy atom. The minimum absolute atomic E-state index is 0.0128. The molecule has 0 bridgehead atoms. The van der Waals surface area contributed by atoms with Crippen LogP contribution in [0.15, 0.2) is 89.8 Å². The molecule has 0 saturated carbocycles. The van der Waals surface area contributed by atoms with Crippen molar-refractivity contribution in [1.82, 2.24) is 9.21 Å². The zero-order chi connectivity index (χ0) is 32.8. The van der Waals surface area contributed by atoms with Gasteiger partial charge < -0.3 is 4.90 Å². The summed E-state index contributed by atoms with van der Waals surface area (Å²) < 4.78 is 27.9. The van der Waals surface area contributed by atoms with Crippen molar-refractivity contribution in [2.75, 3.05) is 31.1 Å². The summed E-state index contributed by atoms with van der Waals surface area (Å²) in [6.45, 7) is 6.85. The molecule has 0 spiro atoms. The molecular weight excluding hydrogens is 622 g/mol. The second kappa shape index (κ2) is 12.3. The summed E-state index contributed by atoms with van der Waals surface area (Å²) in [6.07, 6.45) is 0.693. The molecule has 0 aliphatic carbocycles. The van der Waals surface area contributed by atoms with Crippen molar-refractivity contribution in [3.05, 3.63) is 107 Å². The molecule has 0 unspecified atom stereocenters. The maximum absolute atomic E-state index is 14.2. The Hall–Kier alpha value is -4.05. The van der Waals surface area contributed by atoms with Gasteiger partial charge in [0.15, 0.2) is 0 Å². The van der Waals surface area contributed by atoms with Gasteiger partial charge >= 0.3 is 0 Å². The second-order valence-corrected chi connectivity index (χ2v) is 15.3. The highest BCUT2D eigenvalue weighted by molar-refractivity contribution is 7.89. The van der Waals surface area contributed by atoms with Gasteiger partial charge in [0.2, 0.25) is 15.9 Å². The summed E-state index contributed by atoms with van der Waals surface area (Å²) in [5.41, 5.74) is 2.62. The third-order valence-electron chi connectivity index (χ3n) is 8.97. The number of hydrogen-bond donors (Lipinski definition) is 0. The van der Waals surface area contributed by atoms with Gasteiger partial charge in [-0.15, -0.1) is 0 Å². The summed E-state index contributed by atoms with van der Waals surface area (Å²) in [6, 6.07) is 24.7. The van der Waals surface area contributed by atoms with Crippen molar-refractivity contribution in [3.8, 4) is 0 Å². The van der Waals surface area contributed by atoms with Crippen LogP contribution in [0.2, 0.25) is 5.02 Å². The lowest BCUT2D eigenvalue weighted by Crippen LogP contribution is -2.48. The lowest BCUT2D eigenvalue weighted by molar-refractivity contribution is -0.123. The number of nitrogens with zero attached hydrogens (tertiary/aromatic N) is 3. The van der Waals surface area contributed by atoms with Crippen LogP contribution in [0.4, 0.5) is 5.69 Å². The largest absolute Gasteiger partial charge is 0.310 e. The van der Waals surface area contributed by atoms with Gasteiger partial charge in [0.1, 0.15) is 0 Å². The lowest BCUT2D eigenvalue weighted by atomic mass is 9.87. The van der Waals surface area contributed by atoms with E-state index in [0.717, 1.165) is 10.9 Å². The van der Waals surface area contributed by atoms with Crippen LogP contribution in [0.25, 0.3) is 10.8 Å². The van der Waals surface area contributed by atoms with Crippen LogP contribution in [0.5, 0.6) is 0 Å². The Morgan fingerprint density at radius 3 is 1.96 bits per heavy atom. The van der Waals surface area contributed by atoms with E-state index in [0.29, 0.717) is 40.1 Å². The van der Waals surface area contributed by atoms with Crippen LogP contribution >= 0.6 is 11.6 Å². The molecule has 2 heterocycles. The predicted molar refractivity (Wildman–Crippen MR) is 180 cm³/mol. The monoisotopic (exact) mass is 657 g/mol. The van der Waals surface area contributed by atoms with Crippen LogP contribution in [0.1, 0.15) is 59.9 Å². The van der Waals surface area contributed by atoms with Gasteiger partial charge in [0, 0.05) is 59.3 Å². The SMILES string of the molecule is CC(C)(C)c1ccc(N(CCN2C(=O)c3cccc4cccc(c34)C2=O)C(=O)C2CCN(S(=O)(=O)c3ccc(Cl)cc3)CC2)cc1. The van der Waals surface area contributed by atoms with E-state index < -0.39 is 15.9 Å². The number of sulfonamides is 1. The lowest BCUT2D eigenvalue weighted by Gasteiger charge is -2.35. The molecule has 3 amide bonds. The van der Waals surface area contributed by atoms with Crippen LogP contribution in [0.3, 0.4) is 0 Å². The maximum atomic E-state index is 14.2. The maximum Gasteiger partial charge on any atom is 0.261 e. The molecular formula is C36H36ClN3O5S. The van der Waals surface area contributed by atoms with Gasteiger partial charge in [-0.2, -0.15) is 4.31 Å². The minimum Gasteiger partial charge on any atom is -0.310 e. The van der Waals surface area contributed by atoms with Crippen molar-refractivity contribution >= 4 is 55.8 Å². The van der Waals surface area contributed by atoms with Gasteiger partial charge in [0.25, 0.3) is 11.8 Å². The highest BCUT2D eigenvalue weighted by Crippen LogP contribution is 2.32. The zero-order valence-electron chi connectivity index (χ0n) is 26.1. The number of halogens is 1. The summed E-state index contributed by atoms with van der Waals surface area (Å²) in [7, 11) is -3.73. The molecule has 4 aromatic carbocycles. The van der Waals surface area contributed by atoms with E-state index in [1.165, 1.54) is 21.3 Å². The highest BCUT2D eigenvalue weighted by Gasteiger charge is 2.36. The number of imide groups is 1. The zero-order valence-corrected chi connectivity index (χ0v) is 27.6. The standard InChI is InChI=1S/C36H36ClN3O5S/c1-36(2,3)26-10-14-28(15-11-26)39(22-23-40-34(42)30-8-4-6-24-7-5-9-31(32(24)30)35(40)43)33(41)25-18-20-38(21-19-25)46(44,45)29-16-12-27(37)13-17-29/h4-17,25H,18-23H2,1-3H3. The fourth-order valence-electron chi connectivity index (χ4n) is 6.31. The fraction of sp³-hybridized carbons (Fsp3) is 0.306. The molecule has 4 aromatic rings. The van der Waals surface area contributed by atoms with E-state index in [9.17, 15) is 22.8 Å². The number of carbonyl (C=O) groups excluding carboxylic acids is 3. The average Bonchev–Trinajstić information content (AvgIpc) is 3.05. The number of anilines is 1. The van der Waals surface area contributed by atoms with E-state index in [2.05, 4.69) is 20.8 Å². The molecule has 46 heavy (non-hydrogen) atoms. The molecule has 0 atom stereocenters. The van der Waals surface area contributed by atoms with E-state index in [4.69, 9.17) is 11.6 Å². The normalized spacial score (nSPS) is 16.2. The average molecular weight is 658 g/mol. The van der Waals surface area contributed by atoms with Gasteiger partial charge in [-0.25, -0.2) is 8.42 Å². The minimum atomic E-state index is -3.73. The first-order chi connectivity index (χ1) is 21.9. The van der Waals surface area contributed by atoms with E-state index in [1.54, 1.807) is 41.3 Å². The second-order valence-electron chi connectivity index (χ2n) is 12.9.